The number of fused-ring (bicyclic) bond motifs is 1. The number of hydrogen-bond donors (Lipinski definition) is 1. The van der Waals surface area contributed by atoms with Crippen LogP contribution in [0.3, 0.4) is 0 Å². The zero-order valence-electron chi connectivity index (χ0n) is 19.2. The van der Waals surface area contributed by atoms with Crippen LogP contribution in [0.15, 0.2) is 36.7 Å². The Bertz CT molecular complexity index is 957. The fourth-order valence-electron chi connectivity index (χ4n) is 5.41. The van der Waals surface area contributed by atoms with E-state index in [0.717, 1.165) is 24.1 Å². The summed E-state index contributed by atoms with van der Waals surface area (Å²) in [6.07, 6.45) is 10.3. The van der Waals surface area contributed by atoms with E-state index < -0.39 is 0 Å². The molecule has 0 bridgehead atoms. The van der Waals surface area contributed by atoms with Crippen molar-refractivity contribution in [3.63, 3.8) is 0 Å². The zero-order valence-corrected chi connectivity index (χ0v) is 19.2. The predicted molar refractivity (Wildman–Crippen MR) is 124 cm³/mol. The van der Waals surface area contributed by atoms with Gasteiger partial charge in [-0.1, -0.05) is 56.0 Å². The van der Waals surface area contributed by atoms with Gasteiger partial charge in [-0.25, -0.2) is 4.98 Å². The first-order valence-corrected chi connectivity index (χ1v) is 12.5. The van der Waals surface area contributed by atoms with Crippen molar-refractivity contribution >= 4 is 11.8 Å². The molecule has 0 unspecified atom stereocenters. The highest BCUT2D eigenvalue weighted by molar-refractivity contribution is 5.93. The number of nitrogens with one attached hydrogen (secondary N) is 1. The van der Waals surface area contributed by atoms with Gasteiger partial charge in [0.25, 0.3) is 5.91 Å². The lowest BCUT2D eigenvalue weighted by Crippen LogP contribution is -2.45. The maximum absolute atomic E-state index is 13.2. The molecule has 2 amide bonds. The van der Waals surface area contributed by atoms with Crippen LogP contribution in [0.5, 0.6) is 0 Å². The summed E-state index contributed by atoms with van der Waals surface area (Å²) < 4.78 is 8.12. The topological polar surface area (TPSA) is 76.5 Å². The molecule has 1 aromatic carbocycles. The molecule has 7 heteroatoms. The van der Waals surface area contributed by atoms with Gasteiger partial charge >= 0.3 is 0 Å². The number of amides is 2. The first-order valence-electron chi connectivity index (χ1n) is 12.5. The summed E-state index contributed by atoms with van der Waals surface area (Å²) >= 11 is 0. The van der Waals surface area contributed by atoms with Gasteiger partial charge in [-0.2, -0.15) is 0 Å². The Labute approximate surface area is 195 Å². The number of imidazole rings is 1. The van der Waals surface area contributed by atoms with Gasteiger partial charge in [0.1, 0.15) is 6.10 Å². The molecule has 3 aliphatic rings. The van der Waals surface area contributed by atoms with E-state index in [1.165, 1.54) is 25.7 Å². The average molecular weight is 451 g/mol. The Morgan fingerprint density at radius 2 is 1.70 bits per heavy atom. The van der Waals surface area contributed by atoms with Gasteiger partial charge in [-0.3, -0.25) is 9.59 Å². The highest BCUT2D eigenvalue weighted by Crippen LogP contribution is 2.29. The number of nitrogens with zero attached hydrogens (tertiary/aromatic N) is 3. The molecule has 1 aromatic heterocycles. The third-order valence-corrected chi connectivity index (χ3v) is 7.46. The Balaban J connectivity index is 1.16. The number of hydrogen-bond acceptors (Lipinski definition) is 4. The molecule has 2 aromatic rings. The van der Waals surface area contributed by atoms with Crippen LogP contribution in [0, 0.1) is 5.92 Å². The third kappa shape index (κ3) is 4.98. The van der Waals surface area contributed by atoms with E-state index in [1.54, 1.807) is 6.33 Å². The number of carbonyl (C=O) groups excluding carboxylic acids is 2. The number of likely N-dealkylation sites (tertiary alicyclic amines) is 1. The van der Waals surface area contributed by atoms with E-state index in [-0.39, 0.29) is 23.8 Å². The molecule has 1 saturated carbocycles. The number of benzene rings is 1. The molecule has 0 radical (unpaired) electrons. The van der Waals surface area contributed by atoms with Crippen LogP contribution in [0.4, 0.5) is 0 Å². The van der Waals surface area contributed by atoms with Crippen molar-refractivity contribution in [2.24, 2.45) is 5.92 Å². The van der Waals surface area contributed by atoms with E-state index in [9.17, 15) is 9.59 Å². The minimum atomic E-state index is -0.0480. The van der Waals surface area contributed by atoms with Crippen LogP contribution in [0.1, 0.15) is 79.2 Å². The molecule has 1 aliphatic carbocycles. The van der Waals surface area contributed by atoms with Crippen molar-refractivity contribution in [3.8, 4) is 0 Å². The minimum absolute atomic E-state index is 0.00294. The van der Waals surface area contributed by atoms with Crippen LogP contribution in [-0.4, -0.2) is 45.4 Å². The van der Waals surface area contributed by atoms with Gasteiger partial charge in [0.05, 0.1) is 25.2 Å². The van der Waals surface area contributed by atoms with Crippen molar-refractivity contribution in [1.82, 2.24) is 19.8 Å². The lowest BCUT2D eigenvalue weighted by atomic mass is 9.94. The Kier molecular flexibility index (Phi) is 6.76. The molecular weight excluding hydrogens is 416 g/mol. The lowest BCUT2D eigenvalue weighted by Gasteiger charge is -2.32. The van der Waals surface area contributed by atoms with Crippen LogP contribution in [0.2, 0.25) is 0 Å². The monoisotopic (exact) mass is 450 g/mol. The van der Waals surface area contributed by atoms with Crippen molar-refractivity contribution in [1.29, 1.82) is 0 Å². The summed E-state index contributed by atoms with van der Waals surface area (Å²) in [5, 5.41) is 3.28. The summed E-state index contributed by atoms with van der Waals surface area (Å²) in [4.78, 5) is 32.3. The van der Waals surface area contributed by atoms with E-state index in [1.807, 2.05) is 27.7 Å². The van der Waals surface area contributed by atoms with E-state index in [4.69, 9.17) is 4.74 Å². The Morgan fingerprint density at radius 1 is 0.970 bits per heavy atom. The fraction of sp³-hybridized carbons (Fsp3) is 0.577. The zero-order chi connectivity index (χ0) is 22.6. The quantitative estimate of drug-likeness (QED) is 0.718. The van der Waals surface area contributed by atoms with E-state index in [2.05, 4.69) is 22.4 Å². The molecular formula is C26H34N4O3. The molecule has 0 spiro atoms. The second-order valence-corrected chi connectivity index (χ2v) is 9.67. The molecule has 33 heavy (non-hydrogen) atoms. The summed E-state index contributed by atoms with van der Waals surface area (Å²) in [5.74, 6) is 0.130. The Morgan fingerprint density at radius 3 is 2.42 bits per heavy atom. The van der Waals surface area contributed by atoms with E-state index >= 15 is 0 Å². The average Bonchev–Trinajstić information content (AvgIpc) is 3.12. The largest absolute Gasteiger partial charge is 0.365 e. The Hall–Kier alpha value is -2.67. The number of piperidine rings is 1. The number of rotatable bonds is 4. The normalized spacial score (nSPS) is 22.4. The molecule has 2 aliphatic heterocycles. The van der Waals surface area contributed by atoms with Crippen molar-refractivity contribution in [2.45, 2.75) is 76.7 Å². The highest BCUT2D eigenvalue weighted by Gasteiger charge is 2.32. The molecule has 1 N–H and O–H groups in total. The maximum atomic E-state index is 13.2. The van der Waals surface area contributed by atoms with Crippen LogP contribution < -0.4 is 5.32 Å². The van der Waals surface area contributed by atoms with Crippen LogP contribution in [0.25, 0.3) is 0 Å². The standard InChI is InChI=1S/C26H34N4O3/c31-25(28-21-10-6-1-2-7-11-21)20-12-14-29(15-13-20)26(32)24-22-17-33-23(16-30(22)18-27-24)19-8-4-3-5-9-19/h3-5,8-9,18,20-21,23H,1-2,6-7,10-17H2,(H,28,31)/t23-/m0/s1. The summed E-state index contributed by atoms with van der Waals surface area (Å²) in [6, 6.07) is 10.5. The number of ether oxygens (including phenoxy) is 1. The summed E-state index contributed by atoms with van der Waals surface area (Å²) in [5.41, 5.74) is 2.47. The van der Waals surface area contributed by atoms with Crippen LogP contribution >= 0.6 is 0 Å². The van der Waals surface area contributed by atoms with Crippen molar-refractivity contribution in [2.75, 3.05) is 13.1 Å². The molecule has 7 nitrogen and oxygen atoms in total. The summed E-state index contributed by atoms with van der Waals surface area (Å²) in [7, 11) is 0. The molecule has 1 saturated heterocycles. The minimum Gasteiger partial charge on any atom is -0.365 e. The third-order valence-electron chi connectivity index (χ3n) is 7.46. The highest BCUT2D eigenvalue weighted by atomic mass is 16.5. The van der Waals surface area contributed by atoms with Gasteiger partial charge in [0, 0.05) is 25.0 Å². The van der Waals surface area contributed by atoms with Crippen molar-refractivity contribution in [3.05, 3.63) is 53.6 Å². The maximum Gasteiger partial charge on any atom is 0.274 e. The van der Waals surface area contributed by atoms with Gasteiger partial charge < -0.3 is 19.5 Å². The second-order valence-electron chi connectivity index (χ2n) is 9.67. The van der Waals surface area contributed by atoms with Gasteiger partial charge in [0.2, 0.25) is 5.91 Å². The SMILES string of the molecule is O=C(NC1CCCCCC1)C1CCN(C(=O)c2ncn3c2CO[C@H](c2ccccc2)C3)CC1. The predicted octanol–water partition coefficient (Wildman–Crippen LogP) is 3.85. The number of carbonyl (C=O) groups is 2. The molecule has 1 atom stereocenters. The summed E-state index contributed by atoms with van der Waals surface area (Å²) in [6.45, 7) is 2.23. The lowest BCUT2D eigenvalue weighted by molar-refractivity contribution is -0.127. The first-order chi connectivity index (χ1) is 16.2. The van der Waals surface area contributed by atoms with E-state index in [0.29, 0.717) is 50.8 Å². The van der Waals surface area contributed by atoms with Crippen molar-refractivity contribution < 1.29 is 14.3 Å². The molecule has 176 valence electrons. The molecule has 2 fully saturated rings. The number of aromatic nitrogens is 2. The molecule has 3 heterocycles. The second kappa shape index (κ2) is 10.1. The van der Waals surface area contributed by atoms with Crippen LogP contribution in [-0.2, 0) is 22.7 Å². The van der Waals surface area contributed by atoms with Gasteiger partial charge in [-0.05, 0) is 31.2 Å². The first kappa shape index (κ1) is 22.1. The molecule has 5 rings (SSSR count). The fourth-order valence-corrected chi connectivity index (χ4v) is 5.41. The smallest absolute Gasteiger partial charge is 0.274 e. The van der Waals surface area contributed by atoms with Gasteiger partial charge in [0.15, 0.2) is 5.69 Å². The van der Waals surface area contributed by atoms with Gasteiger partial charge in [-0.15, -0.1) is 0 Å².